The third-order valence-corrected chi connectivity index (χ3v) is 3.75. The van der Waals surface area contributed by atoms with Gasteiger partial charge in [0.05, 0.1) is 25.5 Å². The van der Waals surface area contributed by atoms with Gasteiger partial charge in [0.25, 0.3) is 0 Å². The monoisotopic (exact) mass is 336 g/mol. The average Bonchev–Trinajstić information content (AvgIpc) is 3.01. The van der Waals surface area contributed by atoms with Crippen LogP contribution in [-0.4, -0.2) is 65.8 Å². The van der Waals surface area contributed by atoms with Gasteiger partial charge in [-0.05, 0) is 27.2 Å². The fraction of sp³-hybridized carbons (Fsp3) is 0.625. The molecule has 2 heterocycles. The van der Waals surface area contributed by atoms with Crippen molar-refractivity contribution in [2.75, 3.05) is 32.1 Å². The molecule has 8 heteroatoms. The maximum atomic E-state index is 12.1. The highest BCUT2D eigenvalue weighted by Crippen LogP contribution is 2.21. The molecule has 132 valence electrons. The van der Waals surface area contributed by atoms with Crippen molar-refractivity contribution in [3.63, 3.8) is 0 Å². The van der Waals surface area contributed by atoms with Crippen LogP contribution >= 0.6 is 0 Å². The summed E-state index contributed by atoms with van der Waals surface area (Å²) in [6.07, 6.45) is 3.42. The van der Waals surface area contributed by atoms with Gasteiger partial charge in [0, 0.05) is 20.1 Å². The van der Waals surface area contributed by atoms with Crippen LogP contribution < -0.4 is 4.90 Å². The number of rotatable bonds is 3. The third-order valence-electron chi connectivity index (χ3n) is 3.75. The molecular formula is C16H24N4O4. The van der Waals surface area contributed by atoms with E-state index < -0.39 is 11.6 Å². The van der Waals surface area contributed by atoms with Crippen LogP contribution in [0, 0.1) is 0 Å². The van der Waals surface area contributed by atoms with Gasteiger partial charge in [0.1, 0.15) is 11.4 Å². The standard InChI is InChI=1S/C16H24N4O4/c1-16(2,3)24-15(22)19(4)11-6-7-20(10-11)13-9-17-12(8-18-13)14(21)23-5/h8-9,11H,6-7,10H2,1-5H3. The summed E-state index contributed by atoms with van der Waals surface area (Å²) in [5.41, 5.74) is -0.346. The summed E-state index contributed by atoms with van der Waals surface area (Å²) >= 11 is 0. The van der Waals surface area contributed by atoms with E-state index in [0.717, 1.165) is 13.0 Å². The van der Waals surface area contributed by atoms with Crippen LogP contribution in [0.3, 0.4) is 0 Å². The van der Waals surface area contributed by atoms with Gasteiger partial charge in [-0.25, -0.2) is 19.6 Å². The maximum Gasteiger partial charge on any atom is 0.410 e. The zero-order valence-corrected chi connectivity index (χ0v) is 14.8. The van der Waals surface area contributed by atoms with Crippen LogP contribution in [0.1, 0.15) is 37.7 Å². The quantitative estimate of drug-likeness (QED) is 0.777. The van der Waals surface area contributed by atoms with E-state index in [1.165, 1.54) is 13.3 Å². The van der Waals surface area contributed by atoms with Gasteiger partial charge in [-0.2, -0.15) is 0 Å². The summed E-state index contributed by atoms with van der Waals surface area (Å²) < 4.78 is 10.00. The van der Waals surface area contributed by atoms with Gasteiger partial charge in [-0.3, -0.25) is 0 Å². The first-order chi connectivity index (χ1) is 11.2. The van der Waals surface area contributed by atoms with E-state index in [0.29, 0.717) is 12.4 Å². The van der Waals surface area contributed by atoms with Crippen molar-refractivity contribution in [2.24, 2.45) is 0 Å². The number of carbonyl (C=O) groups excluding carboxylic acids is 2. The Labute approximate surface area is 141 Å². The lowest BCUT2D eigenvalue weighted by atomic mass is 10.2. The second-order valence-corrected chi connectivity index (χ2v) is 6.73. The molecule has 1 atom stereocenters. The first-order valence-corrected chi connectivity index (χ1v) is 7.82. The molecule has 8 nitrogen and oxygen atoms in total. The van der Waals surface area contributed by atoms with Crippen LogP contribution in [0.15, 0.2) is 12.4 Å². The largest absolute Gasteiger partial charge is 0.464 e. The Balaban J connectivity index is 1.97. The lowest BCUT2D eigenvalue weighted by molar-refractivity contribution is 0.0237. The number of carbonyl (C=O) groups is 2. The van der Waals surface area contributed by atoms with Gasteiger partial charge in [0.15, 0.2) is 5.69 Å². The number of methoxy groups -OCH3 is 1. The van der Waals surface area contributed by atoms with Crippen molar-refractivity contribution in [1.82, 2.24) is 14.9 Å². The number of hydrogen-bond acceptors (Lipinski definition) is 7. The molecule has 0 radical (unpaired) electrons. The number of hydrogen-bond donors (Lipinski definition) is 0. The number of anilines is 1. The van der Waals surface area contributed by atoms with Crippen molar-refractivity contribution in [3.8, 4) is 0 Å². The fourth-order valence-corrected chi connectivity index (χ4v) is 2.44. The van der Waals surface area contributed by atoms with E-state index in [9.17, 15) is 9.59 Å². The molecular weight excluding hydrogens is 312 g/mol. The van der Waals surface area contributed by atoms with Gasteiger partial charge in [-0.15, -0.1) is 0 Å². The zero-order valence-electron chi connectivity index (χ0n) is 14.8. The summed E-state index contributed by atoms with van der Waals surface area (Å²) in [7, 11) is 3.05. The Hall–Kier alpha value is -2.38. The molecule has 1 aliphatic heterocycles. The Morgan fingerprint density at radius 3 is 2.54 bits per heavy atom. The highest BCUT2D eigenvalue weighted by atomic mass is 16.6. The Kier molecular flexibility index (Phi) is 5.26. The number of aromatic nitrogens is 2. The van der Waals surface area contributed by atoms with E-state index >= 15 is 0 Å². The van der Waals surface area contributed by atoms with E-state index in [4.69, 9.17) is 4.74 Å². The van der Waals surface area contributed by atoms with E-state index in [2.05, 4.69) is 14.7 Å². The molecule has 0 N–H and O–H groups in total. The summed E-state index contributed by atoms with van der Waals surface area (Å²) in [5.74, 6) is 0.153. The first-order valence-electron chi connectivity index (χ1n) is 7.82. The van der Waals surface area contributed by atoms with Crippen LogP contribution in [0.25, 0.3) is 0 Å². The topological polar surface area (TPSA) is 84.9 Å². The van der Waals surface area contributed by atoms with Crippen molar-refractivity contribution in [1.29, 1.82) is 0 Å². The number of ether oxygens (including phenoxy) is 2. The summed E-state index contributed by atoms with van der Waals surface area (Å²) in [5, 5.41) is 0. The van der Waals surface area contributed by atoms with Crippen LogP contribution in [0.4, 0.5) is 10.6 Å². The number of likely N-dealkylation sites (N-methyl/N-ethyl adjacent to an activating group) is 1. The average molecular weight is 336 g/mol. The predicted molar refractivity (Wildman–Crippen MR) is 88.0 cm³/mol. The number of nitrogens with zero attached hydrogens (tertiary/aromatic N) is 4. The third kappa shape index (κ3) is 4.33. The highest BCUT2D eigenvalue weighted by Gasteiger charge is 2.31. The lowest BCUT2D eigenvalue weighted by Crippen LogP contribution is -2.42. The molecule has 1 aliphatic rings. The van der Waals surface area contributed by atoms with E-state index in [1.54, 1.807) is 18.1 Å². The van der Waals surface area contributed by atoms with Gasteiger partial charge in [0.2, 0.25) is 0 Å². The van der Waals surface area contributed by atoms with Crippen LogP contribution in [0.5, 0.6) is 0 Å². The normalized spacial score (nSPS) is 17.5. The second kappa shape index (κ2) is 7.02. The zero-order chi connectivity index (χ0) is 17.9. The molecule has 1 aromatic rings. The Bertz CT molecular complexity index is 597. The van der Waals surface area contributed by atoms with Gasteiger partial charge in [-0.1, -0.05) is 0 Å². The molecule has 1 aromatic heterocycles. The molecule has 24 heavy (non-hydrogen) atoms. The van der Waals surface area contributed by atoms with Gasteiger partial charge >= 0.3 is 12.1 Å². The molecule has 1 amide bonds. The molecule has 1 saturated heterocycles. The summed E-state index contributed by atoms with van der Waals surface area (Å²) in [4.78, 5) is 35.5. The lowest BCUT2D eigenvalue weighted by Gasteiger charge is -2.28. The van der Waals surface area contributed by atoms with Crippen molar-refractivity contribution >= 4 is 17.9 Å². The van der Waals surface area contributed by atoms with Crippen molar-refractivity contribution < 1.29 is 19.1 Å². The Morgan fingerprint density at radius 1 is 1.29 bits per heavy atom. The molecule has 1 unspecified atom stereocenters. The molecule has 2 rings (SSSR count). The maximum absolute atomic E-state index is 12.1. The first kappa shape index (κ1) is 18.0. The Morgan fingerprint density at radius 2 is 2.00 bits per heavy atom. The second-order valence-electron chi connectivity index (χ2n) is 6.73. The van der Waals surface area contributed by atoms with Crippen molar-refractivity contribution in [2.45, 2.75) is 38.8 Å². The van der Waals surface area contributed by atoms with E-state index in [-0.39, 0.29) is 17.8 Å². The number of amides is 1. The smallest absolute Gasteiger partial charge is 0.410 e. The SMILES string of the molecule is COC(=O)c1cnc(N2CCC(N(C)C(=O)OC(C)(C)C)C2)cn1. The van der Waals surface area contributed by atoms with Crippen molar-refractivity contribution in [3.05, 3.63) is 18.1 Å². The number of esters is 1. The highest BCUT2D eigenvalue weighted by molar-refractivity contribution is 5.86. The van der Waals surface area contributed by atoms with Gasteiger partial charge < -0.3 is 19.3 Å². The molecule has 0 saturated carbocycles. The minimum Gasteiger partial charge on any atom is -0.464 e. The molecule has 0 bridgehead atoms. The minimum absolute atomic E-state index is 0.0435. The fourth-order valence-electron chi connectivity index (χ4n) is 2.44. The van der Waals surface area contributed by atoms with Crippen LogP contribution in [-0.2, 0) is 9.47 Å². The predicted octanol–water partition coefficient (Wildman–Crippen LogP) is 1.71. The molecule has 0 aromatic carbocycles. The van der Waals surface area contributed by atoms with Crippen LogP contribution in [0.2, 0.25) is 0 Å². The molecule has 1 fully saturated rings. The summed E-state index contributed by atoms with van der Waals surface area (Å²) in [6, 6.07) is 0.0435. The van der Waals surface area contributed by atoms with E-state index in [1.807, 2.05) is 25.7 Å². The minimum atomic E-state index is -0.516. The molecule has 0 spiro atoms. The summed E-state index contributed by atoms with van der Waals surface area (Å²) in [6.45, 7) is 6.93. The molecule has 0 aliphatic carbocycles.